The molecule has 0 saturated carbocycles. The molecule has 3 N–H and O–H groups in total. The summed E-state index contributed by atoms with van der Waals surface area (Å²) in [4.78, 5) is 11.3. The molecule has 0 fully saturated rings. The van der Waals surface area contributed by atoms with Crippen molar-refractivity contribution in [3.63, 3.8) is 0 Å². The summed E-state index contributed by atoms with van der Waals surface area (Å²) in [6.45, 7) is 1.92. The Hall–Kier alpha value is -1.13. The maximum atomic E-state index is 11.3. The average molecular weight is 369 g/mol. The van der Waals surface area contributed by atoms with Gasteiger partial charge in [0.1, 0.15) is 0 Å². The van der Waals surface area contributed by atoms with Crippen LogP contribution < -0.4 is 0 Å². The fraction of sp³-hybridized carbons (Fsp3) is 0.773. The standard InChI is InChI=1S/C22H40O4/c1-2-3-4-5-6-7-8-9-10-11-12-13-14-15-16-21(22(25)26)17-20(18-23)19-24/h6-7,9-10,20-21,23-24H,2-5,8,11-19H2,1H3,(H,25,26)/b7-6-,10-9-. The fourth-order valence-corrected chi connectivity index (χ4v) is 2.98. The number of carboxylic acids is 1. The molecule has 0 aliphatic carbocycles. The van der Waals surface area contributed by atoms with Gasteiger partial charge in [-0.3, -0.25) is 4.79 Å². The number of hydrogen-bond donors (Lipinski definition) is 3. The van der Waals surface area contributed by atoms with Crippen molar-refractivity contribution >= 4 is 5.97 Å². The summed E-state index contributed by atoms with van der Waals surface area (Å²) in [5.41, 5.74) is 0. The molecule has 26 heavy (non-hydrogen) atoms. The normalized spacial score (nSPS) is 13.2. The van der Waals surface area contributed by atoms with Crippen molar-refractivity contribution in [2.75, 3.05) is 13.2 Å². The molecule has 0 saturated heterocycles. The van der Waals surface area contributed by atoms with Gasteiger partial charge in [0.15, 0.2) is 0 Å². The van der Waals surface area contributed by atoms with Crippen LogP contribution in [0.3, 0.4) is 0 Å². The highest BCUT2D eigenvalue weighted by molar-refractivity contribution is 5.69. The summed E-state index contributed by atoms with van der Waals surface area (Å²) in [7, 11) is 0. The number of allylic oxidation sites excluding steroid dienone is 4. The summed E-state index contributed by atoms with van der Waals surface area (Å²) in [5, 5.41) is 27.4. The second-order valence-corrected chi connectivity index (χ2v) is 7.17. The van der Waals surface area contributed by atoms with Gasteiger partial charge >= 0.3 is 5.97 Å². The van der Waals surface area contributed by atoms with Crippen LogP contribution in [0.1, 0.15) is 84.0 Å². The van der Waals surface area contributed by atoms with Gasteiger partial charge in [0.05, 0.1) is 5.92 Å². The van der Waals surface area contributed by atoms with Crippen molar-refractivity contribution in [1.82, 2.24) is 0 Å². The van der Waals surface area contributed by atoms with Gasteiger partial charge in [-0.15, -0.1) is 0 Å². The molecular formula is C22H40O4. The van der Waals surface area contributed by atoms with Crippen LogP contribution in [0.4, 0.5) is 0 Å². The molecule has 4 heteroatoms. The lowest BCUT2D eigenvalue weighted by molar-refractivity contribution is -0.142. The third kappa shape index (κ3) is 15.2. The number of aliphatic hydroxyl groups excluding tert-OH is 2. The largest absolute Gasteiger partial charge is 0.481 e. The lowest BCUT2D eigenvalue weighted by Crippen LogP contribution is -2.22. The Labute approximate surface area is 160 Å². The predicted molar refractivity (Wildman–Crippen MR) is 108 cm³/mol. The van der Waals surface area contributed by atoms with Crippen molar-refractivity contribution in [3.05, 3.63) is 24.3 Å². The number of rotatable bonds is 18. The Kier molecular flexibility index (Phi) is 17.8. The van der Waals surface area contributed by atoms with Gasteiger partial charge in [-0.2, -0.15) is 0 Å². The molecule has 0 radical (unpaired) electrons. The first-order valence-corrected chi connectivity index (χ1v) is 10.4. The Balaban J connectivity index is 3.63. The Morgan fingerprint density at radius 2 is 1.42 bits per heavy atom. The number of carbonyl (C=O) groups is 1. The third-order valence-electron chi connectivity index (χ3n) is 4.74. The van der Waals surface area contributed by atoms with E-state index in [0.717, 1.165) is 38.5 Å². The van der Waals surface area contributed by atoms with Crippen LogP contribution >= 0.6 is 0 Å². The molecule has 0 heterocycles. The molecule has 0 aliphatic heterocycles. The van der Waals surface area contributed by atoms with Crippen LogP contribution in [0, 0.1) is 11.8 Å². The summed E-state index contributed by atoms with van der Waals surface area (Å²) < 4.78 is 0. The predicted octanol–water partition coefficient (Wildman–Crippen LogP) is 5.10. The van der Waals surface area contributed by atoms with Gasteiger partial charge in [0.2, 0.25) is 0 Å². The van der Waals surface area contributed by atoms with Crippen LogP contribution in [0.25, 0.3) is 0 Å². The first kappa shape index (κ1) is 24.9. The second kappa shape index (κ2) is 18.7. The molecule has 0 aliphatic rings. The van der Waals surface area contributed by atoms with Gasteiger partial charge in [0, 0.05) is 19.1 Å². The molecule has 1 unspecified atom stereocenters. The quantitative estimate of drug-likeness (QED) is 0.232. The van der Waals surface area contributed by atoms with Gasteiger partial charge < -0.3 is 15.3 Å². The van der Waals surface area contributed by atoms with Gasteiger partial charge in [-0.05, 0) is 44.9 Å². The molecule has 0 spiro atoms. The van der Waals surface area contributed by atoms with Crippen LogP contribution in [-0.2, 0) is 4.79 Å². The van der Waals surface area contributed by atoms with Crippen molar-refractivity contribution in [2.45, 2.75) is 84.0 Å². The number of unbranched alkanes of at least 4 members (excludes halogenated alkanes) is 7. The minimum absolute atomic E-state index is 0.152. The molecule has 0 aromatic carbocycles. The molecule has 152 valence electrons. The molecule has 0 bridgehead atoms. The van der Waals surface area contributed by atoms with Crippen molar-refractivity contribution in [3.8, 4) is 0 Å². The molecule has 0 aromatic heterocycles. The highest BCUT2D eigenvalue weighted by atomic mass is 16.4. The summed E-state index contributed by atoms with van der Waals surface area (Å²) in [5.74, 6) is -1.59. The van der Waals surface area contributed by atoms with E-state index in [1.807, 2.05) is 0 Å². The van der Waals surface area contributed by atoms with Gasteiger partial charge in [-0.25, -0.2) is 0 Å². The van der Waals surface area contributed by atoms with Crippen molar-refractivity contribution < 1.29 is 20.1 Å². The third-order valence-corrected chi connectivity index (χ3v) is 4.74. The van der Waals surface area contributed by atoms with E-state index in [1.165, 1.54) is 25.7 Å². The summed E-state index contributed by atoms with van der Waals surface area (Å²) in [6, 6.07) is 0. The molecular weight excluding hydrogens is 328 g/mol. The highest BCUT2D eigenvalue weighted by Crippen LogP contribution is 2.20. The smallest absolute Gasteiger partial charge is 0.306 e. The maximum absolute atomic E-state index is 11.3. The zero-order valence-corrected chi connectivity index (χ0v) is 16.6. The maximum Gasteiger partial charge on any atom is 0.306 e. The lowest BCUT2D eigenvalue weighted by atomic mass is 9.91. The lowest BCUT2D eigenvalue weighted by Gasteiger charge is -2.17. The van der Waals surface area contributed by atoms with Crippen LogP contribution in [-0.4, -0.2) is 34.5 Å². The van der Waals surface area contributed by atoms with E-state index in [-0.39, 0.29) is 19.1 Å². The van der Waals surface area contributed by atoms with E-state index < -0.39 is 11.9 Å². The number of aliphatic carboxylic acids is 1. The number of carboxylic acid groups (broad SMARTS) is 1. The van der Waals surface area contributed by atoms with E-state index in [1.54, 1.807) is 0 Å². The monoisotopic (exact) mass is 368 g/mol. The highest BCUT2D eigenvalue weighted by Gasteiger charge is 2.21. The van der Waals surface area contributed by atoms with E-state index in [9.17, 15) is 9.90 Å². The van der Waals surface area contributed by atoms with Crippen molar-refractivity contribution in [1.29, 1.82) is 0 Å². The molecule has 0 amide bonds. The Bertz CT molecular complexity index is 372. The molecule has 0 aromatic rings. The summed E-state index contributed by atoms with van der Waals surface area (Å²) in [6.07, 6.45) is 21.3. The number of hydrogen-bond acceptors (Lipinski definition) is 3. The van der Waals surface area contributed by atoms with E-state index in [4.69, 9.17) is 10.2 Å². The molecule has 0 rings (SSSR count). The van der Waals surface area contributed by atoms with Crippen LogP contribution in [0.15, 0.2) is 24.3 Å². The Morgan fingerprint density at radius 1 is 0.846 bits per heavy atom. The van der Waals surface area contributed by atoms with Gasteiger partial charge in [0.25, 0.3) is 0 Å². The van der Waals surface area contributed by atoms with Gasteiger partial charge in [-0.1, -0.05) is 63.3 Å². The second-order valence-electron chi connectivity index (χ2n) is 7.17. The average Bonchev–Trinajstić information content (AvgIpc) is 2.64. The first-order valence-electron chi connectivity index (χ1n) is 10.4. The van der Waals surface area contributed by atoms with Crippen LogP contribution in [0.5, 0.6) is 0 Å². The van der Waals surface area contributed by atoms with Crippen LogP contribution in [0.2, 0.25) is 0 Å². The first-order chi connectivity index (χ1) is 12.7. The van der Waals surface area contributed by atoms with Crippen molar-refractivity contribution in [2.24, 2.45) is 11.8 Å². The number of aliphatic hydroxyl groups is 2. The minimum Gasteiger partial charge on any atom is -0.481 e. The summed E-state index contributed by atoms with van der Waals surface area (Å²) >= 11 is 0. The fourth-order valence-electron chi connectivity index (χ4n) is 2.98. The Morgan fingerprint density at radius 3 is 1.96 bits per heavy atom. The topological polar surface area (TPSA) is 77.8 Å². The van der Waals surface area contributed by atoms with E-state index >= 15 is 0 Å². The minimum atomic E-state index is -0.817. The zero-order chi connectivity index (χ0) is 19.5. The molecule has 4 nitrogen and oxygen atoms in total. The zero-order valence-electron chi connectivity index (χ0n) is 16.6. The molecule has 1 atom stereocenters. The van der Waals surface area contributed by atoms with E-state index in [0.29, 0.717) is 12.8 Å². The SMILES string of the molecule is CCCCC/C=C\C/C=C\CCCCCCC(CC(CO)CO)C(=O)O. The van der Waals surface area contributed by atoms with E-state index in [2.05, 4.69) is 31.2 Å².